The molecule has 1 aromatic carbocycles. The van der Waals surface area contributed by atoms with Gasteiger partial charge in [-0.3, -0.25) is 4.98 Å². The van der Waals surface area contributed by atoms with Gasteiger partial charge in [0, 0.05) is 12.7 Å². The highest BCUT2D eigenvalue weighted by atomic mass is 16.4. The normalized spacial score (nSPS) is 11.9. The summed E-state index contributed by atoms with van der Waals surface area (Å²) in [5.41, 5.74) is 2.18. The molecule has 1 aromatic heterocycles. The fourth-order valence-corrected chi connectivity index (χ4v) is 2.30. The molecule has 2 N–H and O–H groups in total. The SMILES string of the molecule is CC(CCCNc1cnccc1C(=O)O)c1ccccc1. The van der Waals surface area contributed by atoms with Crippen molar-refractivity contribution in [2.24, 2.45) is 0 Å². The molecular formula is C17H20N2O2. The van der Waals surface area contributed by atoms with Crippen LogP contribution in [0.5, 0.6) is 0 Å². The second kappa shape index (κ2) is 7.43. The number of carboxylic acid groups (broad SMARTS) is 1. The van der Waals surface area contributed by atoms with E-state index in [1.165, 1.54) is 17.8 Å². The monoisotopic (exact) mass is 284 g/mol. The van der Waals surface area contributed by atoms with Gasteiger partial charge in [0.2, 0.25) is 0 Å². The minimum Gasteiger partial charge on any atom is -0.478 e. The van der Waals surface area contributed by atoms with Crippen molar-refractivity contribution in [2.45, 2.75) is 25.7 Å². The third kappa shape index (κ3) is 4.31. The van der Waals surface area contributed by atoms with E-state index in [2.05, 4.69) is 41.5 Å². The van der Waals surface area contributed by atoms with Crippen LogP contribution in [0, 0.1) is 0 Å². The summed E-state index contributed by atoms with van der Waals surface area (Å²) in [5, 5.41) is 12.2. The molecule has 4 nitrogen and oxygen atoms in total. The molecule has 1 atom stereocenters. The summed E-state index contributed by atoms with van der Waals surface area (Å²) in [6.45, 7) is 2.95. The van der Waals surface area contributed by atoms with E-state index < -0.39 is 5.97 Å². The standard InChI is InChI=1S/C17H20N2O2/c1-13(14-7-3-2-4-8-14)6-5-10-19-16-12-18-11-9-15(16)17(20)21/h2-4,7-9,11-13,19H,5-6,10H2,1H3,(H,20,21). The van der Waals surface area contributed by atoms with Crippen molar-refractivity contribution in [2.75, 3.05) is 11.9 Å². The van der Waals surface area contributed by atoms with Crippen LogP contribution in [0.4, 0.5) is 5.69 Å². The van der Waals surface area contributed by atoms with Crippen LogP contribution in [0.1, 0.15) is 41.6 Å². The zero-order chi connectivity index (χ0) is 15.1. The van der Waals surface area contributed by atoms with Crippen LogP contribution in [0.15, 0.2) is 48.8 Å². The van der Waals surface area contributed by atoms with Gasteiger partial charge in [-0.15, -0.1) is 0 Å². The number of nitrogens with one attached hydrogen (secondary N) is 1. The zero-order valence-electron chi connectivity index (χ0n) is 12.1. The van der Waals surface area contributed by atoms with Crippen molar-refractivity contribution in [1.29, 1.82) is 0 Å². The fraction of sp³-hybridized carbons (Fsp3) is 0.294. The maximum atomic E-state index is 11.1. The summed E-state index contributed by atoms with van der Waals surface area (Å²) >= 11 is 0. The van der Waals surface area contributed by atoms with Crippen molar-refractivity contribution in [3.63, 3.8) is 0 Å². The molecular weight excluding hydrogens is 264 g/mol. The van der Waals surface area contributed by atoms with Gasteiger partial charge in [-0.1, -0.05) is 37.3 Å². The minimum atomic E-state index is -0.933. The first-order valence-electron chi connectivity index (χ1n) is 7.14. The van der Waals surface area contributed by atoms with Gasteiger partial charge >= 0.3 is 5.97 Å². The van der Waals surface area contributed by atoms with Crippen LogP contribution >= 0.6 is 0 Å². The molecule has 2 aromatic rings. The molecule has 1 heterocycles. The molecule has 0 amide bonds. The number of hydrogen-bond acceptors (Lipinski definition) is 3. The maximum absolute atomic E-state index is 11.1. The average Bonchev–Trinajstić information content (AvgIpc) is 2.52. The van der Waals surface area contributed by atoms with Crippen LogP contribution in [-0.2, 0) is 0 Å². The second-order valence-corrected chi connectivity index (χ2v) is 5.11. The van der Waals surface area contributed by atoms with E-state index in [0.717, 1.165) is 19.4 Å². The van der Waals surface area contributed by atoms with E-state index >= 15 is 0 Å². The lowest BCUT2D eigenvalue weighted by Gasteiger charge is -2.13. The van der Waals surface area contributed by atoms with Crippen LogP contribution < -0.4 is 5.32 Å². The first-order valence-corrected chi connectivity index (χ1v) is 7.14. The largest absolute Gasteiger partial charge is 0.478 e. The van der Waals surface area contributed by atoms with E-state index in [-0.39, 0.29) is 5.56 Å². The molecule has 0 aliphatic rings. The molecule has 0 spiro atoms. The predicted octanol–water partition coefficient (Wildman–Crippen LogP) is 3.78. The summed E-state index contributed by atoms with van der Waals surface area (Å²) < 4.78 is 0. The van der Waals surface area contributed by atoms with Gasteiger partial charge in [0.1, 0.15) is 0 Å². The molecule has 0 fully saturated rings. The topological polar surface area (TPSA) is 62.2 Å². The summed E-state index contributed by atoms with van der Waals surface area (Å²) in [7, 11) is 0. The number of nitrogens with zero attached hydrogens (tertiary/aromatic N) is 1. The number of pyridine rings is 1. The lowest BCUT2D eigenvalue weighted by atomic mass is 9.96. The molecule has 0 aliphatic carbocycles. The van der Waals surface area contributed by atoms with E-state index in [4.69, 9.17) is 5.11 Å². The number of anilines is 1. The molecule has 0 radical (unpaired) electrons. The Bertz CT molecular complexity index is 584. The van der Waals surface area contributed by atoms with Crippen LogP contribution in [0.2, 0.25) is 0 Å². The summed E-state index contributed by atoms with van der Waals surface area (Å²) in [6, 6.07) is 11.9. The van der Waals surface area contributed by atoms with Gasteiger partial charge < -0.3 is 10.4 Å². The predicted molar refractivity (Wildman–Crippen MR) is 83.8 cm³/mol. The molecule has 0 saturated carbocycles. The minimum absolute atomic E-state index is 0.265. The molecule has 0 aliphatic heterocycles. The van der Waals surface area contributed by atoms with E-state index in [0.29, 0.717) is 11.6 Å². The number of hydrogen-bond donors (Lipinski definition) is 2. The molecule has 1 unspecified atom stereocenters. The average molecular weight is 284 g/mol. The Balaban J connectivity index is 1.81. The Morgan fingerprint density at radius 2 is 2.05 bits per heavy atom. The summed E-state index contributed by atoms with van der Waals surface area (Å²) in [5.74, 6) is -0.432. The molecule has 110 valence electrons. The number of benzene rings is 1. The van der Waals surface area contributed by atoms with Gasteiger partial charge in [-0.25, -0.2) is 4.79 Å². The Kier molecular flexibility index (Phi) is 5.32. The Hall–Kier alpha value is -2.36. The smallest absolute Gasteiger partial charge is 0.337 e. The van der Waals surface area contributed by atoms with Crippen molar-refractivity contribution >= 4 is 11.7 Å². The highest BCUT2D eigenvalue weighted by Crippen LogP contribution is 2.20. The number of carbonyl (C=O) groups is 1. The summed E-state index contributed by atoms with van der Waals surface area (Å²) in [4.78, 5) is 15.0. The first kappa shape index (κ1) is 15.0. The molecule has 2 rings (SSSR count). The van der Waals surface area contributed by atoms with Gasteiger partial charge in [0.25, 0.3) is 0 Å². The number of rotatable bonds is 7. The Morgan fingerprint density at radius 1 is 1.29 bits per heavy atom. The third-order valence-electron chi connectivity index (χ3n) is 3.55. The quantitative estimate of drug-likeness (QED) is 0.760. The van der Waals surface area contributed by atoms with Crippen LogP contribution in [-0.4, -0.2) is 22.6 Å². The van der Waals surface area contributed by atoms with Gasteiger partial charge in [0.05, 0.1) is 17.4 Å². The highest BCUT2D eigenvalue weighted by molar-refractivity contribution is 5.93. The maximum Gasteiger partial charge on any atom is 0.337 e. The van der Waals surface area contributed by atoms with E-state index in [9.17, 15) is 4.79 Å². The third-order valence-corrected chi connectivity index (χ3v) is 3.55. The van der Waals surface area contributed by atoms with Gasteiger partial charge in [-0.2, -0.15) is 0 Å². The zero-order valence-corrected chi connectivity index (χ0v) is 12.1. The summed E-state index contributed by atoms with van der Waals surface area (Å²) in [6.07, 6.45) is 5.08. The number of aromatic nitrogens is 1. The Morgan fingerprint density at radius 3 is 2.76 bits per heavy atom. The van der Waals surface area contributed by atoms with Crippen molar-refractivity contribution in [3.05, 3.63) is 59.9 Å². The number of carboxylic acids is 1. The highest BCUT2D eigenvalue weighted by Gasteiger charge is 2.09. The Labute approximate surface area is 124 Å². The van der Waals surface area contributed by atoms with Crippen molar-refractivity contribution < 1.29 is 9.90 Å². The van der Waals surface area contributed by atoms with Gasteiger partial charge in [-0.05, 0) is 30.4 Å². The van der Waals surface area contributed by atoms with Crippen LogP contribution in [0.3, 0.4) is 0 Å². The van der Waals surface area contributed by atoms with E-state index in [1.54, 1.807) is 6.20 Å². The van der Waals surface area contributed by atoms with Crippen molar-refractivity contribution in [1.82, 2.24) is 4.98 Å². The molecule has 4 heteroatoms. The van der Waals surface area contributed by atoms with Crippen LogP contribution in [0.25, 0.3) is 0 Å². The van der Waals surface area contributed by atoms with Gasteiger partial charge in [0.15, 0.2) is 0 Å². The number of aromatic carboxylic acids is 1. The fourth-order valence-electron chi connectivity index (χ4n) is 2.30. The molecule has 0 bridgehead atoms. The lowest BCUT2D eigenvalue weighted by molar-refractivity contribution is 0.0698. The second-order valence-electron chi connectivity index (χ2n) is 5.11. The first-order chi connectivity index (χ1) is 10.2. The molecule has 21 heavy (non-hydrogen) atoms. The lowest BCUT2D eigenvalue weighted by Crippen LogP contribution is -2.08. The molecule has 0 saturated heterocycles. The van der Waals surface area contributed by atoms with Crippen molar-refractivity contribution in [3.8, 4) is 0 Å². The van der Waals surface area contributed by atoms with E-state index in [1.807, 2.05) is 6.07 Å².